The third-order valence-electron chi connectivity index (χ3n) is 4.28. The van der Waals surface area contributed by atoms with Gasteiger partial charge in [0.05, 0.1) is 12.3 Å². The molecule has 1 aromatic heterocycles. The number of alkyl halides is 3. The summed E-state index contributed by atoms with van der Waals surface area (Å²) in [6.07, 6.45) is -3.88. The van der Waals surface area contributed by atoms with Gasteiger partial charge in [0.1, 0.15) is 17.9 Å². The van der Waals surface area contributed by atoms with E-state index in [1.807, 2.05) is 32.0 Å². The van der Waals surface area contributed by atoms with E-state index in [4.69, 9.17) is 9.47 Å². The molecule has 0 N–H and O–H groups in total. The quantitative estimate of drug-likeness (QED) is 0.475. The highest BCUT2D eigenvalue weighted by atomic mass is 19.4. The Morgan fingerprint density at radius 1 is 0.933 bits per heavy atom. The SMILES string of the molecule is CCOc1ccccc1N(CC)c1ncc(C(F)(F)F)c(OCc2ccccc2)n1. The number of rotatable bonds is 8. The summed E-state index contributed by atoms with van der Waals surface area (Å²) in [5.41, 5.74) is 0.381. The lowest BCUT2D eigenvalue weighted by molar-refractivity contribution is -0.139. The third kappa shape index (κ3) is 5.00. The van der Waals surface area contributed by atoms with Gasteiger partial charge in [0.2, 0.25) is 11.8 Å². The summed E-state index contributed by atoms with van der Waals surface area (Å²) < 4.78 is 51.6. The van der Waals surface area contributed by atoms with E-state index >= 15 is 0 Å². The molecular formula is C22H22F3N3O2. The van der Waals surface area contributed by atoms with Crippen molar-refractivity contribution in [2.24, 2.45) is 0 Å². The van der Waals surface area contributed by atoms with Gasteiger partial charge in [0.25, 0.3) is 0 Å². The lowest BCUT2D eigenvalue weighted by Crippen LogP contribution is -2.21. The van der Waals surface area contributed by atoms with Crippen LogP contribution in [0.5, 0.6) is 11.6 Å². The summed E-state index contributed by atoms with van der Waals surface area (Å²) in [5.74, 6) is 0.182. The Kier molecular flexibility index (Phi) is 6.76. The van der Waals surface area contributed by atoms with E-state index in [9.17, 15) is 13.2 Å². The number of halogens is 3. The fraction of sp³-hybridized carbons (Fsp3) is 0.273. The predicted octanol–water partition coefficient (Wildman–Crippen LogP) is 5.63. The molecule has 0 amide bonds. The van der Waals surface area contributed by atoms with Crippen LogP contribution in [0.3, 0.4) is 0 Å². The summed E-state index contributed by atoms with van der Waals surface area (Å²) in [5, 5.41) is 0. The van der Waals surface area contributed by atoms with E-state index in [0.717, 1.165) is 11.8 Å². The Labute approximate surface area is 173 Å². The van der Waals surface area contributed by atoms with Crippen molar-refractivity contribution in [3.8, 4) is 11.6 Å². The van der Waals surface area contributed by atoms with Gasteiger partial charge in [-0.2, -0.15) is 18.2 Å². The van der Waals surface area contributed by atoms with Crippen molar-refractivity contribution in [1.29, 1.82) is 0 Å². The average molecular weight is 417 g/mol. The summed E-state index contributed by atoms with van der Waals surface area (Å²) in [6, 6.07) is 16.2. The molecule has 0 aliphatic heterocycles. The molecule has 5 nitrogen and oxygen atoms in total. The van der Waals surface area contributed by atoms with Gasteiger partial charge < -0.3 is 14.4 Å². The molecule has 3 rings (SSSR count). The van der Waals surface area contributed by atoms with Crippen LogP contribution in [0, 0.1) is 0 Å². The standard InChI is InChI=1S/C22H22F3N3O2/c1-3-28(18-12-8-9-13-19(18)29-4-2)21-26-14-17(22(23,24)25)20(27-21)30-15-16-10-6-5-7-11-16/h5-14H,3-4,15H2,1-2H3. The summed E-state index contributed by atoms with van der Waals surface area (Å²) in [7, 11) is 0. The maximum absolute atomic E-state index is 13.5. The zero-order valence-electron chi connectivity index (χ0n) is 16.7. The van der Waals surface area contributed by atoms with Crippen LogP contribution in [-0.4, -0.2) is 23.1 Å². The molecule has 0 atom stereocenters. The molecule has 0 radical (unpaired) electrons. The van der Waals surface area contributed by atoms with Crippen LogP contribution in [0.25, 0.3) is 0 Å². The van der Waals surface area contributed by atoms with Crippen LogP contribution in [0.4, 0.5) is 24.8 Å². The lowest BCUT2D eigenvalue weighted by atomic mass is 10.2. The van der Waals surface area contributed by atoms with Crippen molar-refractivity contribution in [2.45, 2.75) is 26.6 Å². The van der Waals surface area contributed by atoms with Crippen molar-refractivity contribution >= 4 is 11.6 Å². The van der Waals surface area contributed by atoms with E-state index < -0.39 is 17.6 Å². The Hall–Kier alpha value is -3.29. The number of ether oxygens (including phenoxy) is 2. The number of aromatic nitrogens is 2. The summed E-state index contributed by atoms with van der Waals surface area (Å²) in [4.78, 5) is 9.77. The second kappa shape index (κ2) is 9.47. The number of hydrogen-bond donors (Lipinski definition) is 0. The monoisotopic (exact) mass is 417 g/mol. The molecule has 0 unspecified atom stereocenters. The van der Waals surface area contributed by atoms with Gasteiger partial charge >= 0.3 is 6.18 Å². The van der Waals surface area contributed by atoms with Gasteiger partial charge in [-0.1, -0.05) is 42.5 Å². The van der Waals surface area contributed by atoms with Crippen molar-refractivity contribution in [3.63, 3.8) is 0 Å². The molecule has 0 fully saturated rings. The van der Waals surface area contributed by atoms with Crippen LogP contribution < -0.4 is 14.4 Å². The van der Waals surface area contributed by atoms with Crippen LogP contribution >= 0.6 is 0 Å². The van der Waals surface area contributed by atoms with Crippen molar-refractivity contribution in [1.82, 2.24) is 9.97 Å². The topological polar surface area (TPSA) is 47.5 Å². The molecule has 0 spiro atoms. The molecule has 30 heavy (non-hydrogen) atoms. The normalized spacial score (nSPS) is 11.2. The number of anilines is 2. The van der Waals surface area contributed by atoms with Gasteiger partial charge in [0.15, 0.2) is 0 Å². The molecule has 0 aliphatic rings. The average Bonchev–Trinajstić information content (AvgIpc) is 2.74. The van der Waals surface area contributed by atoms with Gasteiger partial charge in [-0.15, -0.1) is 0 Å². The maximum Gasteiger partial charge on any atom is 0.423 e. The van der Waals surface area contributed by atoms with Gasteiger partial charge in [0, 0.05) is 12.7 Å². The van der Waals surface area contributed by atoms with Crippen molar-refractivity contribution < 1.29 is 22.6 Å². The molecule has 2 aromatic carbocycles. The first-order valence-electron chi connectivity index (χ1n) is 9.54. The zero-order valence-corrected chi connectivity index (χ0v) is 16.7. The molecule has 158 valence electrons. The first kappa shape index (κ1) is 21.4. The first-order valence-corrected chi connectivity index (χ1v) is 9.54. The molecular weight excluding hydrogens is 395 g/mol. The highest BCUT2D eigenvalue weighted by Gasteiger charge is 2.36. The smallest absolute Gasteiger partial charge is 0.423 e. The molecule has 0 bridgehead atoms. The van der Waals surface area contributed by atoms with Gasteiger partial charge in [-0.3, -0.25) is 0 Å². The minimum absolute atomic E-state index is 0.0397. The zero-order chi connectivity index (χ0) is 21.6. The fourth-order valence-corrected chi connectivity index (χ4v) is 2.90. The summed E-state index contributed by atoms with van der Waals surface area (Å²) >= 11 is 0. The van der Waals surface area contributed by atoms with E-state index in [-0.39, 0.29) is 12.6 Å². The number of hydrogen-bond acceptors (Lipinski definition) is 5. The van der Waals surface area contributed by atoms with E-state index in [1.54, 1.807) is 41.3 Å². The second-order valence-electron chi connectivity index (χ2n) is 6.31. The first-order chi connectivity index (χ1) is 14.4. The fourth-order valence-electron chi connectivity index (χ4n) is 2.90. The van der Waals surface area contributed by atoms with Gasteiger partial charge in [-0.05, 0) is 31.5 Å². The van der Waals surface area contributed by atoms with Crippen molar-refractivity contribution in [2.75, 3.05) is 18.1 Å². The lowest BCUT2D eigenvalue weighted by Gasteiger charge is -2.24. The molecule has 1 heterocycles. The number of benzene rings is 2. The highest BCUT2D eigenvalue weighted by Crippen LogP contribution is 2.38. The Morgan fingerprint density at radius 2 is 1.63 bits per heavy atom. The van der Waals surface area contributed by atoms with E-state index in [1.165, 1.54) is 0 Å². The van der Waals surface area contributed by atoms with Crippen molar-refractivity contribution in [3.05, 3.63) is 71.9 Å². The van der Waals surface area contributed by atoms with E-state index in [0.29, 0.717) is 24.6 Å². The van der Waals surface area contributed by atoms with Gasteiger partial charge in [-0.25, -0.2) is 4.98 Å². The predicted molar refractivity (Wildman–Crippen MR) is 108 cm³/mol. The largest absolute Gasteiger partial charge is 0.492 e. The van der Waals surface area contributed by atoms with Crippen LogP contribution in [0.2, 0.25) is 0 Å². The molecule has 0 aliphatic carbocycles. The Bertz CT molecular complexity index is 965. The number of para-hydroxylation sites is 2. The second-order valence-corrected chi connectivity index (χ2v) is 6.31. The molecule has 8 heteroatoms. The molecule has 0 saturated heterocycles. The van der Waals surface area contributed by atoms with Crippen LogP contribution in [-0.2, 0) is 12.8 Å². The molecule has 0 saturated carbocycles. The van der Waals surface area contributed by atoms with E-state index in [2.05, 4.69) is 9.97 Å². The third-order valence-corrected chi connectivity index (χ3v) is 4.28. The Morgan fingerprint density at radius 3 is 2.30 bits per heavy atom. The van der Waals surface area contributed by atoms with Crippen LogP contribution in [0.1, 0.15) is 25.0 Å². The maximum atomic E-state index is 13.5. The Balaban J connectivity index is 1.98. The van der Waals surface area contributed by atoms with Crippen LogP contribution in [0.15, 0.2) is 60.8 Å². The minimum atomic E-state index is -4.63. The number of nitrogens with zero attached hydrogens (tertiary/aromatic N) is 3. The molecule has 3 aromatic rings. The summed E-state index contributed by atoms with van der Waals surface area (Å²) in [6.45, 7) is 4.55. The minimum Gasteiger partial charge on any atom is -0.492 e. The highest BCUT2D eigenvalue weighted by molar-refractivity contribution is 5.65.